The standard InChI is InChI=1S/C20H24Cl2N8O/c1-2-29-18-14(16(21)26-29)10-23-20(25-18)24-15-11-30(27-17(15)22)13-4-3-8-28(9-7-13)19(31)12-5-6-12/h10-13H,2-9H2,1H3,(H,23,24,25). The predicted molar refractivity (Wildman–Crippen MR) is 119 cm³/mol. The number of hydrogen-bond acceptors (Lipinski definition) is 6. The molecule has 3 aromatic rings. The number of rotatable bonds is 5. The Morgan fingerprint density at radius 1 is 1.16 bits per heavy atom. The summed E-state index contributed by atoms with van der Waals surface area (Å²) in [5.41, 5.74) is 1.31. The molecular weight excluding hydrogens is 439 g/mol. The number of carbonyl (C=O) groups is 1. The molecule has 1 aliphatic carbocycles. The summed E-state index contributed by atoms with van der Waals surface area (Å²) < 4.78 is 3.64. The van der Waals surface area contributed by atoms with Crippen LogP contribution in [0.15, 0.2) is 12.4 Å². The molecule has 0 aromatic carbocycles. The van der Waals surface area contributed by atoms with Crippen LogP contribution < -0.4 is 5.32 Å². The number of carbonyl (C=O) groups excluding carboxylic acids is 1. The Morgan fingerprint density at radius 2 is 2.00 bits per heavy atom. The highest BCUT2D eigenvalue weighted by Crippen LogP contribution is 2.33. The summed E-state index contributed by atoms with van der Waals surface area (Å²) in [5.74, 6) is 0.991. The second-order valence-electron chi connectivity index (χ2n) is 8.16. The molecule has 164 valence electrons. The maximum absolute atomic E-state index is 12.4. The van der Waals surface area contributed by atoms with Gasteiger partial charge in [0.1, 0.15) is 0 Å². The van der Waals surface area contributed by atoms with Gasteiger partial charge >= 0.3 is 0 Å². The van der Waals surface area contributed by atoms with Gasteiger partial charge in [-0.25, -0.2) is 9.67 Å². The number of nitrogens with zero attached hydrogens (tertiary/aromatic N) is 7. The molecular formula is C20H24Cl2N8O. The first-order valence-electron chi connectivity index (χ1n) is 10.7. The van der Waals surface area contributed by atoms with Gasteiger partial charge in [-0.1, -0.05) is 23.2 Å². The van der Waals surface area contributed by atoms with Crippen LogP contribution in [0.1, 0.15) is 45.1 Å². The minimum absolute atomic E-state index is 0.203. The van der Waals surface area contributed by atoms with Crippen LogP contribution in [0.2, 0.25) is 10.3 Å². The normalized spacial score (nSPS) is 19.6. The van der Waals surface area contributed by atoms with Gasteiger partial charge in [-0.15, -0.1) is 0 Å². The van der Waals surface area contributed by atoms with E-state index in [-0.39, 0.29) is 12.0 Å². The molecule has 1 saturated carbocycles. The van der Waals surface area contributed by atoms with Crippen molar-refractivity contribution in [3.8, 4) is 0 Å². The van der Waals surface area contributed by atoms with Gasteiger partial charge in [0.2, 0.25) is 11.9 Å². The smallest absolute Gasteiger partial charge is 0.229 e. The zero-order chi connectivity index (χ0) is 21.5. The first-order chi connectivity index (χ1) is 15.0. The van der Waals surface area contributed by atoms with Crippen LogP contribution in [0.4, 0.5) is 11.6 Å². The van der Waals surface area contributed by atoms with Crippen molar-refractivity contribution in [1.82, 2.24) is 34.4 Å². The van der Waals surface area contributed by atoms with Crippen LogP contribution in [0.25, 0.3) is 11.0 Å². The van der Waals surface area contributed by atoms with Crippen molar-refractivity contribution in [2.75, 3.05) is 18.4 Å². The third kappa shape index (κ3) is 4.08. The molecule has 1 aliphatic heterocycles. The number of nitrogens with one attached hydrogen (secondary N) is 1. The van der Waals surface area contributed by atoms with Crippen molar-refractivity contribution in [2.45, 2.75) is 51.6 Å². The maximum atomic E-state index is 12.4. The van der Waals surface area contributed by atoms with Gasteiger partial charge in [-0.2, -0.15) is 15.2 Å². The minimum Gasteiger partial charge on any atom is -0.342 e. The van der Waals surface area contributed by atoms with Crippen LogP contribution >= 0.6 is 23.2 Å². The lowest BCUT2D eigenvalue weighted by Crippen LogP contribution is -2.33. The highest BCUT2D eigenvalue weighted by molar-refractivity contribution is 6.34. The van der Waals surface area contributed by atoms with E-state index in [9.17, 15) is 4.79 Å². The SMILES string of the molecule is CCn1nc(Cl)c2cnc(Nc3cn(C4CCCN(C(=O)C5CC5)CC4)nc3Cl)nc21. The minimum atomic E-state index is 0.203. The predicted octanol–water partition coefficient (Wildman–Crippen LogP) is 4.06. The van der Waals surface area contributed by atoms with E-state index in [4.69, 9.17) is 23.2 Å². The molecule has 0 spiro atoms. The Kier molecular flexibility index (Phi) is 5.47. The number of fused-ring (bicyclic) bond motifs is 1. The average Bonchev–Trinajstić information content (AvgIpc) is 3.53. The summed E-state index contributed by atoms with van der Waals surface area (Å²) in [6, 6.07) is 0.203. The molecule has 1 unspecified atom stereocenters. The Morgan fingerprint density at radius 3 is 2.77 bits per heavy atom. The first-order valence-corrected chi connectivity index (χ1v) is 11.5. The lowest BCUT2D eigenvalue weighted by atomic mass is 10.1. The highest BCUT2D eigenvalue weighted by atomic mass is 35.5. The van der Waals surface area contributed by atoms with Gasteiger partial charge in [0.15, 0.2) is 16.0 Å². The van der Waals surface area contributed by atoms with E-state index < -0.39 is 0 Å². The van der Waals surface area contributed by atoms with Crippen LogP contribution in [0.5, 0.6) is 0 Å². The van der Waals surface area contributed by atoms with Gasteiger partial charge in [-0.05, 0) is 39.0 Å². The molecule has 2 fully saturated rings. The van der Waals surface area contributed by atoms with Gasteiger partial charge in [0, 0.05) is 31.7 Å². The van der Waals surface area contributed by atoms with E-state index in [0.29, 0.717) is 45.4 Å². The first kappa shape index (κ1) is 20.5. The van der Waals surface area contributed by atoms with Crippen molar-refractivity contribution in [2.24, 2.45) is 5.92 Å². The molecule has 0 radical (unpaired) electrons. The third-order valence-corrected chi connectivity index (χ3v) is 6.55. The van der Waals surface area contributed by atoms with Gasteiger partial charge in [0.25, 0.3) is 0 Å². The van der Waals surface area contributed by atoms with E-state index in [0.717, 1.165) is 45.2 Å². The summed E-state index contributed by atoms with van der Waals surface area (Å²) in [6.45, 7) is 4.22. The highest BCUT2D eigenvalue weighted by Gasteiger charge is 2.34. The fraction of sp³-hybridized carbons (Fsp3) is 0.550. The van der Waals surface area contributed by atoms with Crippen molar-refractivity contribution >= 4 is 51.8 Å². The summed E-state index contributed by atoms with van der Waals surface area (Å²) >= 11 is 12.6. The van der Waals surface area contributed by atoms with E-state index in [2.05, 4.69) is 25.5 Å². The Hall–Kier alpha value is -2.39. The van der Waals surface area contributed by atoms with Gasteiger partial charge in [0.05, 0.1) is 23.3 Å². The monoisotopic (exact) mass is 462 g/mol. The van der Waals surface area contributed by atoms with Gasteiger partial charge in [-0.3, -0.25) is 9.48 Å². The van der Waals surface area contributed by atoms with Crippen molar-refractivity contribution in [1.29, 1.82) is 0 Å². The summed E-state index contributed by atoms with van der Waals surface area (Å²) in [4.78, 5) is 23.3. The Bertz CT molecular complexity index is 1120. The quantitative estimate of drug-likeness (QED) is 0.614. The topological polar surface area (TPSA) is 93.8 Å². The molecule has 1 saturated heterocycles. The molecule has 1 amide bonds. The fourth-order valence-electron chi connectivity index (χ4n) is 4.12. The second-order valence-corrected chi connectivity index (χ2v) is 8.88. The number of aryl methyl sites for hydroxylation is 1. The molecule has 3 aromatic heterocycles. The molecule has 1 atom stereocenters. The van der Waals surface area contributed by atoms with Crippen molar-refractivity contribution in [3.63, 3.8) is 0 Å². The largest absolute Gasteiger partial charge is 0.342 e. The number of anilines is 2. The Labute approximate surface area is 189 Å². The lowest BCUT2D eigenvalue weighted by Gasteiger charge is -2.20. The fourth-order valence-corrected chi connectivity index (χ4v) is 4.52. The molecule has 11 heteroatoms. The molecule has 9 nitrogen and oxygen atoms in total. The zero-order valence-electron chi connectivity index (χ0n) is 17.3. The number of hydrogen-bond donors (Lipinski definition) is 1. The third-order valence-electron chi connectivity index (χ3n) is 5.99. The summed E-state index contributed by atoms with van der Waals surface area (Å²) in [6.07, 6.45) is 8.42. The number of aromatic nitrogens is 6. The summed E-state index contributed by atoms with van der Waals surface area (Å²) in [7, 11) is 0. The molecule has 4 heterocycles. The summed E-state index contributed by atoms with van der Waals surface area (Å²) in [5, 5.41) is 13.4. The molecule has 1 N–H and O–H groups in total. The average molecular weight is 463 g/mol. The molecule has 5 rings (SSSR count). The van der Waals surface area contributed by atoms with Crippen LogP contribution in [-0.4, -0.2) is 53.4 Å². The van der Waals surface area contributed by atoms with E-state index in [1.54, 1.807) is 10.9 Å². The van der Waals surface area contributed by atoms with Crippen molar-refractivity contribution in [3.05, 3.63) is 22.7 Å². The van der Waals surface area contributed by atoms with E-state index >= 15 is 0 Å². The van der Waals surface area contributed by atoms with E-state index in [1.807, 2.05) is 22.7 Å². The number of likely N-dealkylation sites (tertiary alicyclic amines) is 1. The second kappa shape index (κ2) is 8.27. The number of amides is 1. The Balaban J connectivity index is 1.31. The number of halogens is 2. The van der Waals surface area contributed by atoms with Gasteiger partial charge < -0.3 is 10.2 Å². The molecule has 2 aliphatic rings. The van der Waals surface area contributed by atoms with Crippen LogP contribution in [-0.2, 0) is 11.3 Å². The van der Waals surface area contributed by atoms with E-state index in [1.165, 1.54) is 0 Å². The van der Waals surface area contributed by atoms with Crippen molar-refractivity contribution < 1.29 is 4.79 Å². The zero-order valence-corrected chi connectivity index (χ0v) is 18.8. The van der Waals surface area contributed by atoms with Crippen LogP contribution in [0.3, 0.4) is 0 Å². The maximum Gasteiger partial charge on any atom is 0.229 e. The molecule has 31 heavy (non-hydrogen) atoms. The lowest BCUT2D eigenvalue weighted by molar-refractivity contribution is -0.132. The van der Waals surface area contributed by atoms with Crippen LogP contribution in [0, 0.1) is 5.92 Å². The molecule has 0 bridgehead atoms.